The number of esters is 1. The molecule has 0 aliphatic carbocycles. The molecule has 2 aromatic rings. The molecule has 1 N–H and O–H groups in total. The van der Waals surface area contributed by atoms with Crippen LogP contribution in [0.1, 0.15) is 41.6 Å². The van der Waals surface area contributed by atoms with E-state index in [1.807, 2.05) is 13.8 Å². The highest BCUT2D eigenvalue weighted by Crippen LogP contribution is 2.22. The fraction of sp³-hybridized carbons (Fsp3) is 0.389. The summed E-state index contributed by atoms with van der Waals surface area (Å²) >= 11 is 5.78. The van der Waals surface area contributed by atoms with Crippen LogP contribution in [0.2, 0.25) is 5.02 Å². The minimum absolute atomic E-state index is 0.0161. The van der Waals surface area contributed by atoms with Gasteiger partial charge in [-0.3, -0.25) is 4.79 Å². The molecule has 0 saturated heterocycles. The molecule has 0 radical (unpaired) electrons. The molecule has 0 aliphatic rings. The average molecular weight is 381 g/mol. The molecule has 7 nitrogen and oxygen atoms in total. The third-order valence-electron chi connectivity index (χ3n) is 3.46. The molecular formula is C18H21ClN2O5. The molecule has 1 aromatic carbocycles. The third kappa shape index (κ3) is 5.49. The van der Waals surface area contributed by atoms with Crippen LogP contribution in [0.4, 0.5) is 0 Å². The number of aromatic nitrogens is 1. The summed E-state index contributed by atoms with van der Waals surface area (Å²) in [5.74, 6) is 0.0411. The molecule has 0 atom stereocenters. The SMILES string of the molecule is Cc1noc(C(C)C)c1C(=O)OCC(=O)NCCOc1ccc(Cl)cc1. The first kappa shape index (κ1) is 19.8. The highest BCUT2D eigenvalue weighted by atomic mass is 35.5. The van der Waals surface area contributed by atoms with Gasteiger partial charge in [-0.05, 0) is 31.2 Å². The fourth-order valence-electron chi connectivity index (χ4n) is 2.17. The number of nitrogens with one attached hydrogen (secondary N) is 1. The van der Waals surface area contributed by atoms with Crippen LogP contribution in [0.5, 0.6) is 5.75 Å². The maximum atomic E-state index is 12.2. The lowest BCUT2D eigenvalue weighted by atomic mass is 10.1. The lowest BCUT2D eigenvalue weighted by Gasteiger charge is -2.09. The molecule has 0 saturated carbocycles. The first-order valence-corrected chi connectivity index (χ1v) is 8.54. The van der Waals surface area contributed by atoms with Crippen LogP contribution in [0, 0.1) is 6.92 Å². The monoisotopic (exact) mass is 380 g/mol. The molecule has 0 spiro atoms. The Labute approximate surface area is 156 Å². The number of rotatable bonds is 8. The first-order valence-electron chi connectivity index (χ1n) is 8.16. The summed E-state index contributed by atoms with van der Waals surface area (Å²) in [6.07, 6.45) is 0. The van der Waals surface area contributed by atoms with Crippen LogP contribution in [0.3, 0.4) is 0 Å². The fourth-order valence-corrected chi connectivity index (χ4v) is 2.30. The Balaban J connectivity index is 1.72. The van der Waals surface area contributed by atoms with E-state index in [0.29, 0.717) is 22.2 Å². The predicted octanol–water partition coefficient (Wildman–Crippen LogP) is 3.11. The van der Waals surface area contributed by atoms with E-state index in [-0.39, 0.29) is 31.2 Å². The van der Waals surface area contributed by atoms with Crippen molar-refractivity contribution in [2.75, 3.05) is 19.8 Å². The van der Waals surface area contributed by atoms with E-state index >= 15 is 0 Å². The number of halogens is 1. The molecular weight excluding hydrogens is 360 g/mol. The van der Waals surface area contributed by atoms with Gasteiger partial charge in [-0.1, -0.05) is 30.6 Å². The zero-order valence-corrected chi connectivity index (χ0v) is 15.6. The second-order valence-corrected chi connectivity index (χ2v) is 6.33. The van der Waals surface area contributed by atoms with Gasteiger partial charge in [0, 0.05) is 10.9 Å². The summed E-state index contributed by atoms with van der Waals surface area (Å²) in [6, 6.07) is 6.90. The highest BCUT2D eigenvalue weighted by molar-refractivity contribution is 6.30. The highest BCUT2D eigenvalue weighted by Gasteiger charge is 2.24. The number of carbonyl (C=O) groups is 2. The lowest BCUT2D eigenvalue weighted by Crippen LogP contribution is -2.32. The van der Waals surface area contributed by atoms with E-state index in [1.54, 1.807) is 31.2 Å². The summed E-state index contributed by atoms with van der Waals surface area (Å²) in [4.78, 5) is 23.9. The van der Waals surface area contributed by atoms with E-state index in [1.165, 1.54) is 0 Å². The van der Waals surface area contributed by atoms with Gasteiger partial charge in [-0.2, -0.15) is 0 Å². The average Bonchev–Trinajstić information content (AvgIpc) is 3.00. The van der Waals surface area contributed by atoms with Crippen molar-refractivity contribution < 1.29 is 23.6 Å². The van der Waals surface area contributed by atoms with Gasteiger partial charge in [-0.25, -0.2) is 4.79 Å². The van der Waals surface area contributed by atoms with Crippen molar-refractivity contribution in [1.82, 2.24) is 10.5 Å². The summed E-state index contributed by atoms with van der Waals surface area (Å²) in [5, 5.41) is 7.01. The van der Waals surface area contributed by atoms with E-state index in [9.17, 15) is 9.59 Å². The Morgan fingerprint density at radius 1 is 1.27 bits per heavy atom. The van der Waals surface area contributed by atoms with Crippen molar-refractivity contribution in [2.45, 2.75) is 26.7 Å². The van der Waals surface area contributed by atoms with Gasteiger partial charge in [0.1, 0.15) is 17.9 Å². The molecule has 0 aliphatic heterocycles. The maximum Gasteiger partial charge on any atom is 0.344 e. The van der Waals surface area contributed by atoms with Gasteiger partial charge < -0.3 is 19.3 Å². The Morgan fingerprint density at radius 3 is 2.62 bits per heavy atom. The number of amides is 1. The van der Waals surface area contributed by atoms with E-state index < -0.39 is 11.9 Å². The summed E-state index contributed by atoms with van der Waals surface area (Å²) < 4.78 is 15.6. The number of benzene rings is 1. The standard InChI is InChI=1S/C18H21ClN2O5/c1-11(2)17-16(12(3)21-26-17)18(23)25-10-15(22)20-8-9-24-14-6-4-13(19)5-7-14/h4-7,11H,8-10H2,1-3H3,(H,20,22). The predicted molar refractivity (Wildman–Crippen MR) is 95.6 cm³/mol. The van der Waals surface area contributed by atoms with E-state index in [4.69, 9.17) is 25.6 Å². The molecule has 8 heteroatoms. The molecule has 1 amide bonds. The van der Waals surface area contributed by atoms with Crippen LogP contribution >= 0.6 is 11.6 Å². The van der Waals surface area contributed by atoms with Crippen LogP contribution in [0.25, 0.3) is 0 Å². The van der Waals surface area contributed by atoms with Gasteiger partial charge >= 0.3 is 5.97 Å². The Kier molecular flexibility index (Phi) is 7.03. The summed E-state index contributed by atoms with van der Waals surface area (Å²) in [7, 11) is 0. The number of ether oxygens (including phenoxy) is 2. The van der Waals surface area contributed by atoms with Crippen LogP contribution in [-0.2, 0) is 9.53 Å². The lowest BCUT2D eigenvalue weighted by molar-refractivity contribution is -0.124. The van der Waals surface area contributed by atoms with Crippen molar-refractivity contribution in [3.63, 3.8) is 0 Å². The number of hydrogen-bond donors (Lipinski definition) is 1. The molecule has 140 valence electrons. The van der Waals surface area contributed by atoms with Gasteiger partial charge in [-0.15, -0.1) is 0 Å². The first-order chi connectivity index (χ1) is 12.4. The molecule has 0 bridgehead atoms. The maximum absolute atomic E-state index is 12.2. The second-order valence-electron chi connectivity index (χ2n) is 5.89. The smallest absolute Gasteiger partial charge is 0.344 e. The minimum Gasteiger partial charge on any atom is -0.492 e. The zero-order valence-electron chi connectivity index (χ0n) is 14.9. The summed E-state index contributed by atoms with van der Waals surface area (Å²) in [5.41, 5.74) is 0.717. The van der Waals surface area contributed by atoms with Crippen molar-refractivity contribution in [1.29, 1.82) is 0 Å². The Morgan fingerprint density at radius 2 is 1.96 bits per heavy atom. The molecule has 0 unspecified atom stereocenters. The van der Waals surface area contributed by atoms with Crippen LogP contribution in [-0.4, -0.2) is 36.8 Å². The van der Waals surface area contributed by atoms with E-state index in [0.717, 1.165) is 0 Å². The van der Waals surface area contributed by atoms with Crippen LogP contribution < -0.4 is 10.1 Å². The number of carbonyl (C=O) groups excluding carboxylic acids is 2. The van der Waals surface area contributed by atoms with Crippen molar-refractivity contribution in [2.24, 2.45) is 0 Å². The molecule has 0 fully saturated rings. The molecule has 2 rings (SSSR count). The topological polar surface area (TPSA) is 90.7 Å². The third-order valence-corrected chi connectivity index (χ3v) is 3.71. The normalized spacial score (nSPS) is 10.7. The minimum atomic E-state index is -0.625. The van der Waals surface area contributed by atoms with Gasteiger partial charge in [0.05, 0.1) is 12.2 Å². The number of aryl methyl sites for hydroxylation is 1. The Hall–Kier alpha value is -2.54. The van der Waals surface area contributed by atoms with Crippen molar-refractivity contribution in [3.8, 4) is 5.75 Å². The van der Waals surface area contributed by atoms with Crippen molar-refractivity contribution in [3.05, 3.63) is 46.3 Å². The van der Waals surface area contributed by atoms with Gasteiger partial charge in [0.15, 0.2) is 12.4 Å². The summed E-state index contributed by atoms with van der Waals surface area (Å²) in [6.45, 7) is 5.59. The number of hydrogen-bond acceptors (Lipinski definition) is 6. The largest absolute Gasteiger partial charge is 0.492 e. The molecule has 1 heterocycles. The Bertz CT molecular complexity index is 755. The molecule has 1 aromatic heterocycles. The molecule has 26 heavy (non-hydrogen) atoms. The zero-order chi connectivity index (χ0) is 19.1. The number of nitrogens with zero attached hydrogens (tertiary/aromatic N) is 1. The van der Waals surface area contributed by atoms with Gasteiger partial charge in [0.2, 0.25) is 0 Å². The van der Waals surface area contributed by atoms with Crippen LogP contribution in [0.15, 0.2) is 28.8 Å². The second kappa shape index (κ2) is 9.24. The van der Waals surface area contributed by atoms with Gasteiger partial charge in [0.25, 0.3) is 5.91 Å². The van der Waals surface area contributed by atoms with Crippen molar-refractivity contribution >= 4 is 23.5 Å². The quantitative estimate of drug-likeness (QED) is 0.559. The van der Waals surface area contributed by atoms with E-state index in [2.05, 4.69) is 10.5 Å².